The number of piperazine rings is 1. The number of hydrogen-bond donors (Lipinski definition) is 2. The number of anilines is 1. The fraction of sp³-hybridized carbons (Fsp3) is 0.571. The van der Waals surface area contributed by atoms with Crippen molar-refractivity contribution in [2.24, 2.45) is 0 Å². The van der Waals surface area contributed by atoms with Crippen LogP contribution in [0.3, 0.4) is 0 Å². The Labute approximate surface area is 113 Å². The van der Waals surface area contributed by atoms with Crippen molar-refractivity contribution in [2.45, 2.75) is 25.4 Å². The first-order chi connectivity index (χ1) is 9.29. The summed E-state index contributed by atoms with van der Waals surface area (Å²) in [4.78, 5) is 2.37. The van der Waals surface area contributed by atoms with Crippen molar-refractivity contribution in [1.29, 1.82) is 0 Å². The molecule has 2 aliphatic heterocycles. The Morgan fingerprint density at radius 3 is 3.00 bits per heavy atom. The Bertz CT molecular complexity index is 450. The van der Waals surface area contributed by atoms with Crippen LogP contribution in [0, 0.1) is 0 Å². The predicted molar refractivity (Wildman–Crippen MR) is 72.9 cm³/mol. The van der Waals surface area contributed by atoms with Crippen molar-refractivity contribution < 1.29 is 14.6 Å². The van der Waals surface area contributed by atoms with Crippen molar-refractivity contribution in [1.82, 2.24) is 5.32 Å². The minimum absolute atomic E-state index is 0.208. The predicted octanol–water partition coefficient (Wildman–Crippen LogP) is 0.964. The van der Waals surface area contributed by atoms with E-state index in [1.807, 2.05) is 12.1 Å². The van der Waals surface area contributed by atoms with Crippen LogP contribution in [0.15, 0.2) is 18.2 Å². The molecule has 2 unspecified atom stereocenters. The number of aliphatic hydroxyl groups is 1. The third-order valence-electron chi connectivity index (χ3n) is 3.80. The van der Waals surface area contributed by atoms with Gasteiger partial charge >= 0.3 is 0 Å². The van der Waals surface area contributed by atoms with Gasteiger partial charge in [-0.25, -0.2) is 0 Å². The maximum Gasteiger partial charge on any atom is 0.231 e. The summed E-state index contributed by atoms with van der Waals surface area (Å²) in [5.74, 6) is 1.62. The zero-order valence-electron chi connectivity index (χ0n) is 11.1. The molecule has 1 aromatic carbocycles. The highest BCUT2D eigenvalue weighted by Crippen LogP contribution is 2.37. The lowest BCUT2D eigenvalue weighted by molar-refractivity contribution is 0.174. The van der Waals surface area contributed by atoms with E-state index in [4.69, 9.17) is 9.47 Å². The van der Waals surface area contributed by atoms with Crippen LogP contribution < -0.4 is 19.7 Å². The quantitative estimate of drug-likeness (QED) is 0.852. The van der Waals surface area contributed by atoms with E-state index in [9.17, 15) is 5.11 Å². The maximum atomic E-state index is 9.23. The highest BCUT2D eigenvalue weighted by atomic mass is 16.7. The maximum absolute atomic E-state index is 9.23. The lowest BCUT2D eigenvalue weighted by atomic mass is 10.0. The molecule has 0 amide bonds. The summed E-state index contributed by atoms with van der Waals surface area (Å²) in [7, 11) is 0. The molecule has 0 bridgehead atoms. The van der Waals surface area contributed by atoms with Crippen molar-refractivity contribution in [3.05, 3.63) is 18.2 Å². The van der Waals surface area contributed by atoms with Crippen LogP contribution in [0.25, 0.3) is 0 Å². The van der Waals surface area contributed by atoms with Crippen LogP contribution in [0.4, 0.5) is 5.69 Å². The monoisotopic (exact) mass is 264 g/mol. The first kappa shape index (κ1) is 12.6. The van der Waals surface area contributed by atoms with Gasteiger partial charge in [0.1, 0.15) is 0 Å². The number of nitrogens with one attached hydrogen (secondary N) is 1. The van der Waals surface area contributed by atoms with E-state index in [2.05, 4.69) is 23.2 Å². The first-order valence-corrected chi connectivity index (χ1v) is 6.79. The van der Waals surface area contributed by atoms with E-state index in [0.29, 0.717) is 18.9 Å². The van der Waals surface area contributed by atoms with E-state index in [1.165, 1.54) is 0 Å². The Balaban J connectivity index is 1.88. The molecule has 2 aliphatic rings. The number of aliphatic hydroxyl groups excluding tert-OH is 1. The molecule has 2 N–H and O–H groups in total. The minimum Gasteiger partial charge on any atom is -0.454 e. The lowest BCUT2D eigenvalue weighted by Crippen LogP contribution is -2.56. The highest BCUT2D eigenvalue weighted by Gasteiger charge is 2.28. The van der Waals surface area contributed by atoms with Crippen LogP contribution >= 0.6 is 0 Å². The first-order valence-electron chi connectivity index (χ1n) is 6.79. The average Bonchev–Trinajstić information content (AvgIpc) is 2.86. The summed E-state index contributed by atoms with van der Waals surface area (Å²) in [6.07, 6.45) is 0.770. The van der Waals surface area contributed by atoms with E-state index < -0.39 is 0 Å². The number of hydrogen-bond acceptors (Lipinski definition) is 5. The van der Waals surface area contributed by atoms with Gasteiger partial charge in [0, 0.05) is 43.5 Å². The van der Waals surface area contributed by atoms with Gasteiger partial charge < -0.3 is 24.8 Å². The molecular formula is C14H20N2O3. The van der Waals surface area contributed by atoms with E-state index in [-0.39, 0.29) is 6.61 Å². The number of benzene rings is 1. The molecule has 5 nitrogen and oxygen atoms in total. The third kappa shape index (κ3) is 2.35. The molecule has 0 radical (unpaired) electrons. The van der Waals surface area contributed by atoms with Crippen LogP contribution in [-0.4, -0.2) is 43.7 Å². The largest absolute Gasteiger partial charge is 0.454 e. The molecule has 2 heterocycles. The molecular weight excluding hydrogens is 244 g/mol. The normalized spacial score (nSPS) is 25.7. The SMILES string of the molecule is CC1CNCC(CCO)N1c1ccc2c(c1)OCO2. The van der Waals surface area contributed by atoms with Crippen LogP contribution in [0.5, 0.6) is 11.5 Å². The topological polar surface area (TPSA) is 54.0 Å². The fourth-order valence-electron chi connectivity index (χ4n) is 2.92. The van der Waals surface area contributed by atoms with Gasteiger partial charge in [-0.15, -0.1) is 0 Å². The molecule has 19 heavy (non-hydrogen) atoms. The van der Waals surface area contributed by atoms with E-state index in [1.54, 1.807) is 0 Å². The van der Waals surface area contributed by atoms with Gasteiger partial charge in [-0.05, 0) is 25.5 Å². The molecule has 104 valence electrons. The summed E-state index contributed by atoms with van der Waals surface area (Å²) in [5, 5.41) is 12.6. The van der Waals surface area contributed by atoms with Crippen LogP contribution in [0.1, 0.15) is 13.3 Å². The lowest BCUT2D eigenvalue weighted by Gasteiger charge is -2.43. The Morgan fingerprint density at radius 2 is 2.16 bits per heavy atom. The zero-order valence-corrected chi connectivity index (χ0v) is 11.1. The molecule has 0 aliphatic carbocycles. The molecule has 0 aromatic heterocycles. The fourth-order valence-corrected chi connectivity index (χ4v) is 2.92. The molecule has 3 rings (SSSR count). The van der Waals surface area contributed by atoms with Gasteiger partial charge in [-0.2, -0.15) is 0 Å². The minimum atomic E-state index is 0.208. The van der Waals surface area contributed by atoms with Gasteiger partial charge in [-0.3, -0.25) is 0 Å². The molecule has 0 spiro atoms. The van der Waals surface area contributed by atoms with Crippen LogP contribution in [0.2, 0.25) is 0 Å². The van der Waals surface area contributed by atoms with Crippen LogP contribution in [-0.2, 0) is 0 Å². The van der Waals surface area contributed by atoms with Crippen molar-refractivity contribution in [3.63, 3.8) is 0 Å². The second kappa shape index (κ2) is 5.27. The van der Waals surface area contributed by atoms with Gasteiger partial charge in [-0.1, -0.05) is 0 Å². The zero-order chi connectivity index (χ0) is 13.2. The molecule has 1 aromatic rings. The van der Waals surface area contributed by atoms with Crippen molar-refractivity contribution >= 4 is 5.69 Å². The number of fused-ring (bicyclic) bond motifs is 1. The second-order valence-electron chi connectivity index (χ2n) is 5.12. The van der Waals surface area contributed by atoms with E-state index >= 15 is 0 Å². The van der Waals surface area contributed by atoms with Gasteiger partial charge in [0.2, 0.25) is 6.79 Å². The number of rotatable bonds is 3. The molecule has 1 saturated heterocycles. The summed E-state index contributed by atoms with van der Waals surface area (Å²) < 4.78 is 10.8. The standard InChI is InChI=1S/C14H20N2O3/c1-10-7-15-8-12(4-5-17)16(10)11-2-3-13-14(6-11)19-9-18-13/h2-3,6,10,12,15,17H,4-5,7-9H2,1H3. The smallest absolute Gasteiger partial charge is 0.231 e. The molecule has 0 saturated carbocycles. The Hall–Kier alpha value is -1.46. The van der Waals surface area contributed by atoms with E-state index in [0.717, 1.165) is 36.7 Å². The third-order valence-corrected chi connectivity index (χ3v) is 3.80. The van der Waals surface area contributed by atoms with Crippen molar-refractivity contribution in [2.75, 3.05) is 31.4 Å². The number of nitrogens with zero attached hydrogens (tertiary/aromatic N) is 1. The second-order valence-corrected chi connectivity index (χ2v) is 5.12. The van der Waals surface area contributed by atoms with Gasteiger partial charge in [0.15, 0.2) is 11.5 Å². The summed E-state index contributed by atoms with van der Waals surface area (Å²) in [5.41, 5.74) is 1.14. The Morgan fingerprint density at radius 1 is 1.32 bits per heavy atom. The Kier molecular flexibility index (Phi) is 3.48. The molecule has 1 fully saturated rings. The molecule has 5 heteroatoms. The summed E-state index contributed by atoms with van der Waals surface area (Å²) in [6.45, 7) is 4.56. The summed E-state index contributed by atoms with van der Waals surface area (Å²) >= 11 is 0. The van der Waals surface area contributed by atoms with Gasteiger partial charge in [0.25, 0.3) is 0 Å². The molecule has 2 atom stereocenters. The average molecular weight is 264 g/mol. The highest BCUT2D eigenvalue weighted by molar-refractivity contribution is 5.58. The summed E-state index contributed by atoms with van der Waals surface area (Å²) in [6, 6.07) is 6.77. The number of ether oxygens (including phenoxy) is 2. The van der Waals surface area contributed by atoms with Gasteiger partial charge in [0.05, 0.1) is 0 Å². The van der Waals surface area contributed by atoms with Crippen molar-refractivity contribution in [3.8, 4) is 11.5 Å².